The number of amides is 1. The first-order valence-electron chi connectivity index (χ1n) is 6.38. The molecule has 1 aromatic rings. The molecule has 0 saturated carbocycles. The summed E-state index contributed by atoms with van der Waals surface area (Å²) in [6.45, 7) is 3.04. The second-order valence-corrected chi connectivity index (χ2v) is 5.62. The van der Waals surface area contributed by atoms with E-state index in [1.54, 1.807) is 12.1 Å². The molecule has 1 saturated heterocycles. The Bertz CT molecular complexity index is 514. The summed E-state index contributed by atoms with van der Waals surface area (Å²) >= 11 is 0. The van der Waals surface area contributed by atoms with E-state index in [-0.39, 0.29) is 31.3 Å². The fourth-order valence-corrected chi connectivity index (χ4v) is 2.80. The summed E-state index contributed by atoms with van der Waals surface area (Å²) in [7, 11) is 0. The molecule has 2 N–H and O–H groups in total. The number of nitrogen functional groups attached to an aromatic ring is 1. The van der Waals surface area contributed by atoms with Crippen LogP contribution in [0.15, 0.2) is 24.3 Å². The molecule has 7 heteroatoms. The maximum atomic E-state index is 13.0. The number of carbonyl (C=O) groups is 1. The van der Waals surface area contributed by atoms with Gasteiger partial charge in [-0.1, -0.05) is 0 Å². The summed E-state index contributed by atoms with van der Waals surface area (Å²) < 4.78 is 39.0. The minimum atomic E-state index is -4.29. The zero-order valence-corrected chi connectivity index (χ0v) is 12.6. The van der Waals surface area contributed by atoms with Crippen molar-refractivity contribution in [3.63, 3.8) is 0 Å². The maximum Gasteiger partial charge on any atom is 0.394 e. The van der Waals surface area contributed by atoms with Gasteiger partial charge in [-0.2, -0.15) is 13.2 Å². The predicted octanol–water partition coefficient (Wildman–Crippen LogP) is 3.49. The van der Waals surface area contributed by atoms with Gasteiger partial charge in [0.2, 0.25) is 0 Å². The van der Waals surface area contributed by atoms with Crippen molar-refractivity contribution >= 4 is 24.0 Å². The van der Waals surface area contributed by atoms with Crippen molar-refractivity contribution in [2.45, 2.75) is 32.0 Å². The van der Waals surface area contributed by atoms with E-state index in [2.05, 4.69) is 0 Å². The van der Waals surface area contributed by atoms with Crippen molar-refractivity contribution in [1.82, 2.24) is 4.90 Å². The normalized spacial score (nSPS) is 21.0. The van der Waals surface area contributed by atoms with Crippen LogP contribution in [0.1, 0.15) is 30.6 Å². The number of anilines is 1. The number of alkyl halides is 3. The molecule has 0 radical (unpaired) electrons. The van der Waals surface area contributed by atoms with E-state index in [0.29, 0.717) is 11.3 Å². The number of rotatable bonds is 1. The van der Waals surface area contributed by atoms with E-state index < -0.39 is 17.6 Å². The predicted molar refractivity (Wildman–Crippen MR) is 77.4 cm³/mol. The highest BCUT2D eigenvalue weighted by Gasteiger charge is 2.56. The first-order chi connectivity index (χ1) is 9.14. The quantitative estimate of drug-likeness (QED) is 0.804. The maximum absolute atomic E-state index is 13.0. The summed E-state index contributed by atoms with van der Waals surface area (Å²) in [5.74, 6) is -1.88. The molecule has 1 unspecified atom stereocenters. The van der Waals surface area contributed by atoms with E-state index >= 15 is 0 Å². The average Bonchev–Trinajstić information content (AvgIpc) is 2.64. The van der Waals surface area contributed by atoms with Gasteiger partial charge in [-0.15, -0.1) is 12.4 Å². The molecule has 3 nitrogen and oxygen atoms in total. The van der Waals surface area contributed by atoms with Crippen LogP contribution in [0.2, 0.25) is 0 Å². The molecule has 0 aromatic heterocycles. The molecule has 0 aliphatic carbocycles. The molecule has 1 aliphatic heterocycles. The lowest BCUT2D eigenvalue weighted by atomic mass is 9.87. The third-order valence-corrected chi connectivity index (χ3v) is 3.99. The third-order valence-electron chi connectivity index (χ3n) is 3.99. The number of carbonyl (C=O) groups excluding carboxylic acids is 1. The van der Waals surface area contributed by atoms with Crippen LogP contribution in [0, 0.1) is 5.92 Å². The van der Waals surface area contributed by atoms with Crippen LogP contribution >= 0.6 is 12.4 Å². The van der Waals surface area contributed by atoms with E-state index in [1.807, 2.05) is 0 Å². The zero-order valence-electron chi connectivity index (χ0n) is 11.8. The molecule has 0 bridgehead atoms. The number of nitrogens with zero attached hydrogens (tertiary/aromatic N) is 1. The number of hydrogen-bond donors (Lipinski definition) is 1. The average molecular weight is 323 g/mol. The Balaban J connectivity index is 0.00000220. The van der Waals surface area contributed by atoms with Crippen molar-refractivity contribution in [2.24, 2.45) is 5.92 Å². The second kappa shape index (κ2) is 5.75. The van der Waals surface area contributed by atoms with E-state index in [4.69, 9.17) is 5.73 Å². The molecule has 21 heavy (non-hydrogen) atoms. The molecule has 1 aromatic carbocycles. The lowest BCUT2D eigenvalue weighted by Crippen LogP contribution is -2.49. The van der Waals surface area contributed by atoms with E-state index in [0.717, 1.165) is 0 Å². The molecule has 2 rings (SSSR count). The van der Waals surface area contributed by atoms with Gasteiger partial charge in [0.05, 0.1) is 5.92 Å². The van der Waals surface area contributed by atoms with Gasteiger partial charge in [-0.05, 0) is 44.5 Å². The summed E-state index contributed by atoms with van der Waals surface area (Å²) in [6, 6.07) is 6.21. The van der Waals surface area contributed by atoms with Crippen molar-refractivity contribution in [3.05, 3.63) is 29.8 Å². The van der Waals surface area contributed by atoms with Gasteiger partial charge in [0.15, 0.2) is 0 Å². The second-order valence-electron chi connectivity index (χ2n) is 5.62. The van der Waals surface area contributed by atoms with Crippen LogP contribution in [-0.4, -0.2) is 29.1 Å². The molecule has 1 atom stereocenters. The van der Waals surface area contributed by atoms with Crippen LogP contribution in [0.3, 0.4) is 0 Å². The van der Waals surface area contributed by atoms with Crippen LogP contribution in [0.4, 0.5) is 18.9 Å². The minimum Gasteiger partial charge on any atom is -0.399 e. The first kappa shape index (κ1) is 17.6. The van der Waals surface area contributed by atoms with Gasteiger partial charge >= 0.3 is 6.18 Å². The van der Waals surface area contributed by atoms with Crippen molar-refractivity contribution in [1.29, 1.82) is 0 Å². The first-order valence-corrected chi connectivity index (χ1v) is 6.38. The van der Waals surface area contributed by atoms with Gasteiger partial charge < -0.3 is 10.6 Å². The molecular weight excluding hydrogens is 305 g/mol. The fourth-order valence-electron chi connectivity index (χ4n) is 2.80. The van der Waals surface area contributed by atoms with Crippen LogP contribution in [0.5, 0.6) is 0 Å². The minimum absolute atomic E-state index is 0. The monoisotopic (exact) mass is 322 g/mol. The smallest absolute Gasteiger partial charge is 0.394 e. The molecular formula is C14H18ClF3N2O. The Morgan fingerprint density at radius 1 is 1.29 bits per heavy atom. The Labute approximate surface area is 127 Å². The fraction of sp³-hybridized carbons (Fsp3) is 0.500. The molecule has 1 heterocycles. The van der Waals surface area contributed by atoms with Gasteiger partial charge in [0.25, 0.3) is 5.91 Å². The Morgan fingerprint density at radius 2 is 1.81 bits per heavy atom. The lowest BCUT2D eigenvalue weighted by Gasteiger charge is -2.36. The number of benzene rings is 1. The summed E-state index contributed by atoms with van der Waals surface area (Å²) in [5.41, 5.74) is 5.17. The van der Waals surface area contributed by atoms with Crippen molar-refractivity contribution < 1.29 is 18.0 Å². The number of nitrogens with two attached hydrogens (primary N) is 1. The van der Waals surface area contributed by atoms with E-state index in [1.165, 1.54) is 30.9 Å². The van der Waals surface area contributed by atoms with Gasteiger partial charge in [-0.25, -0.2) is 0 Å². The number of likely N-dealkylation sites (tertiary alicyclic amines) is 1. The van der Waals surface area contributed by atoms with Crippen LogP contribution in [-0.2, 0) is 0 Å². The van der Waals surface area contributed by atoms with Gasteiger partial charge in [0.1, 0.15) is 0 Å². The SMILES string of the molecule is CC1(C)C(C(F)(F)F)CCN1C(=O)c1ccc(N)cc1.Cl. The summed E-state index contributed by atoms with van der Waals surface area (Å²) in [4.78, 5) is 13.7. The van der Waals surface area contributed by atoms with E-state index in [9.17, 15) is 18.0 Å². The van der Waals surface area contributed by atoms with Crippen molar-refractivity contribution in [3.8, 4) is 0 Å². The summed E-state index contributed by atoms with van der Waals surface area (Å²) in [6.07, 6.45) is -4.35. The largest absolute Gasteiger partial charge is 0.399 e. The molecule has 1 aliphatic rings. The highest BCUT2D eigenvalue weighted by molar-refractivity contribution is 5.95. The Morgan fingerprint density at radius 3 is 2.24 bits per heavy atom. The zero-order chi connectivity index (χ0) is 15.1. The van der Waals surface area contributed by atoms with Gasteiger partial charge in [0, 0.05) is 23.3 Å². The van der Waals surface area contributed by atoms with Crippen LogP contribution < -0.4 is 5.73 Å². The third kappa shape index (κ3) is 3.26. The Hall–Kier alpha value is -1.43. The standard InChI is InChI=1S/C14H17F3N2O.ClH/c1-13(2)11(14(15,16)17)7-8-19(13)12(20)9-3-5-10(18)6-4-9;/h3-6,11H,7-8,18H2,1-2H3;1H. The Kier molecular flexibility index (Phi) is 4.83. The number of halogens is 4. The lowest BCUT2D eigenvalue weighted by molar-refractivity contribution is -0.189. The summed E-state index contributed by atoms with van der Waals surface area (Å²) in [5, 5.41) is 0. The topological polar surface area (TPSA) is 46.3 Å². The molecule has 1 amide bonds. The molecule has 1 fully saturated rings. The molecule has 0 spiro atoms. The van der Waals surface area contributed by atoms with Gasteiger partial charge in [-0.3, -0.25) is 4.79 Å². The highest BCUT2D eigenvalue weighted by atomic mass is 35.5. The highest BCUT2D eigenvalue weighted by Crippen LogP contribution is 2.45. The number of hydrogen-bond acceptors (Lipinski definition) is 2. The molecule has 118 valence electrons. The van der Waals surface area contributed by atoms with Crippen LogP contribution in [0.25, 0.3) is 0 Å². The van der Waals surface area contributed by atoms with Crippen molar-refractivity contribution in [2.75, 3.05) is 12.3 Å².